The third kappa shape index (κ3) is 2.60. The van der Waals surface area contributed by atoms with Gasteiger partial charge >= 0.3 is 0 Å². The zero-order valence-corrected chi connectivity index (χ0v) is 11.0. The Labute approximate surface area is 99.8 Å². The molecule has 0 aliphatic heterocycles. The van der Waals surface area contributed by atoms with Gasteiger partial charge in [0.2, 0.25) is 0 Å². The Kier molecular flexibility index (Phi) is 3.60. The summed E-state index contributed by atoms with van der Waals surface area (Å²) in [4.78, 5) is 0. The van der Waals surface area contributed by atoms with E-state index in [1.165, 1.54) is 32.1 Å². The second-order valence-corrected chi connectivity index (χ2v) is 6.50. The summed E-state index contributed by atoms with van der Waals surface area (Å²) < 4.78 is 0. The minimum atomic E-state index is -0.0144. The zero-order chi connectivity index (χ0) is 11.8. The molecule has 0 heterocycles. The van der Waals surface area contributed by atoms with Crippen molar-refractivity contribution in [2.24, 2.45) is 17.8 Å². The molecule has 0 bridgehead atoms. The Morgan fingerprint density at radius 3 is 2.38 bits per heavy atom. The topological polar surface area (TPSA) is 32.3 Å². The molecule has 2 fully saturated rings. The van der Waals surface area contributed by atoms with Gasteiger partial charge in [0.05, 0.1) is 6.61 Å². The molecule has 0 radical (unpaired) electrons. The summed E-state index contributed by atoms with van der Waals surface area (Å²) >= 11 is 0. The molecule has 2 heteroatoms. The average Bonchev–Trinajstić information content (AvgIpc) is 3.06. The van der Waals surface area contributed by atoms with Crippen LogP contribution in [0.15, 0.2) is 0 Å². The highest BCUT2D eigenvalue weighted by Crippen LogP contribution is 2.41. The first-order valence-electron chi connectivity index (χ1n) is 6.93. The molecule has 2 rings (SSSR count). The van der Waals surface area contributed by atoms with E-state index in [0.29, 0.717) is 12.0 Å². The summed E-state index contributed by atoms with van der Waals surface area (Å²) in [6, 6.07) is 0.619. The SMILES string of the molecule is CC1CCC(NC(C)(CO)C2CC2)C(C)C1. The third-order valence-electron chi connectivity index (χ3n) is 4.75. The van der Waals surface area contributed by atoms with Gasteiger partial charge in [-0.1, -0.05) is 13.8 Å². The van der Waals surface area contributed by atoms with Crippen LogP contribution in [0.2, 0.25) is 0 Å². The maximum Gasteiger partial charge on any atom is 0.0613 e. The maximum atomic E-state index is 9.60. The van der Waals surface area contributed by atoms with Gasteiger partial charge in [-0.2, -0.15) is 0 Å². The predicted octanol–water partition coefficient (Wildman–Crippen LogP) is 2.56. The van der Waals surface area contributed by atoms with Crippen LogP contribution in [-0.4, -0.2) is 23.3 Å². The fourth-order valence-corrected chi connectivity index (χ4v) is 3.32. The lowest BCUT2D eigenvalue weighted by atomic mass is 9.78. The molecular formula is C14H27NO. The van der Waals surface area contributed by atoms with E-state index >= 15 is 0 Å². The lowest BCUT2D eigenvalue weighted by molar-refractivity contribution is 0.109. The van der Waals surface area contributed by atoms with Crippen LogP contribution in [0.3, 0.4) is 0 Å². The number of rotatable bonds is 4. The monoisotopic (exact) mass is 225 g/mol. The van der Waals surface area contributed by atoms with Crippen molar-refractivity contribution in [1.82, 2.24) is 5.32 Å². The van der Waals surface area contributed by atoms with Crippen LogP contribution in [0.1, 0.15) is 52.9 Å². The molecule has 0 amide bonds. The number of aliphatic hydroxyl groups is 1. The lowest BCUT2D eigenvalue weighted by Crippen LogP contribution is -2.55. The fourth-order valence-electron chi connectivity index (χ4n) is 3.32. The van der Waals surface area contributed by atoms with Gasteiger partial charge in [-0.25, -0.2) is 0 Å². The molecule has 0 saturated heterocycles. The van der Waals surface area contributed by atoms with E-state index in [1.807, 2.05) is 0 Å². The first-order valence-corrected chi connectivity index (χ1v) is 6.93. The van der Waals surface area contributed by atoms with Crippen LogP contribution >= 0.6 is 0 Å². The van der Waals surface area contributed by atoms with Gasteiger partial charge in [0, 0.05) is 11.6 Å². The second kappa shape index (κ2) is 4.66. The van der Waals surface area contributed by atoms with Gasteiger partial charge in [0.25, 0.3) is 0 Å². The largest absolute Gasteiger partial charge is 0.394 e. The van der Waals surface area contributed by atoms with Crippen molar-refractivity contribution in [3.63, 3.8) is 0 Å². The highest BCUT2D eigenvalue weighted by molar-refractivity contribution is 5.00. The molecule has 0 aromatic heterocycles. The lowest BCUT2D eigenvalue weighted by Gasteiger charge is -2.40. The van der Waals surface area contributed by atoms with Crippen molar-refractivity contribution < 1.29 is 5.11 Å². The van der Waals surface area contributed by atoms with E-state index in [9.17, 15) is 5.11 Å². The first kappa shape index (κ1) is 12.4. The molecule has 2 saturated carbocycles. The van der Waals surface area contributed by atoms with Gasteiger partial charge in [-0.3, -0.25) is 0 Å². The minimum absolute atomic E-state index is 0.0144. The van der Waals surface area contributed by atoms with E-state index in [-0.39, 0.29) is 12.1 Å². The molecule has 4 unspecified atom stereocenters. The van der Waals surface area contributed by atoms with Crippen LogP contribution in [0, 0.1) is 17.8 Å². The standard InChI is InChI=1S/C14H27NO/c1-10-4-7-13(11(2)8-10)15-14(3,9-16)12-5-6-12/h10-13,15-16H,4-9H2,1-3H3. The van der Waals surface area contributed by atoms with E-state index in [2.05, 4.69) is 26.1 Å². The first-order chi connectivity index (χ1) is 7.55. The zero-order valence-electron chi connectivity index (χ0n) is 11.0. The predicted molar refractivity (Wildman–Crippen MR) is 67.3 cm³/mol. The Hall–Kier alpha value is -0.0800. The highest BCUT2D eigenvalue weighted by Gasteiger charge is 2.43. The summed E-state index contributed by atoms with van der Waals surface area (Å²) in [6.07, 6.45) is 6.55. The van der Waals surface area contributed by atoms with Gasteiger partial charge in [0.1, 0.15) is 0 Å². The van der Waals surface area contributed by atoms with E-state index in [0.717, 1.165) is 11.8 Å². The molecule has 94 valence electrons. The summed E-state index contributed by atoms with van der Waals surface area (Å²) in [5, 5.41) is 13.4. The third-order valence-corrected chi connectivity index (χ3v) is 4.75. The van der Waals surface area contributed by atoms with Crippen LogP contribution in [0.5, 0.6) is 0 Å². The molecule has 2 nitrogen and oxygen atoms in total. The smallest absolute Gasteiger partial charge is 0.0613 e. The van der Waals surface area contributed by atoms with Crippen LogP contribution < -0.4 is 5.32 Å². The second-order valence-electron chi connectivity index (χ2n) is 6.50. The molecule has 2 aliphatic rings. The number of hydrogen-bond acceptors (Lipinski definition) is 2. The highest BCUT2D eigenvalue weighted by atomic mass is 16.3. The molecular weight excluding hydrogens is 198 g/mol. The fraction of sp³-hybridized carbons (Fsp3) is 1.00. The van der Waals surface area contributed by atoms with Crippen molar-refractivity contribution >= 4 is 0 Å². The molecule has 4 atom stereocenters. The van der Waals surface area contributed by atoms with Crippen LogP contribution in [0.25, 0.3) is 0 Å². The van der Waals surface area contributed by atoms with Gasteiger partial charge in [-0.05, 0) is 56.8 Å². The summed E-state index contributed by atoms with van der Waals surface area (Å²) in [5.74, 6) is 2.35. The molecule has 16 heavy (non-hydrogen) atoms. The summed E-state index contributed by atoms with van der Waals surface area (Å²) in [5.41, 5.74) is -0.0144. The van der Waals surface area contributed by atoms with Crippen LogP contribution in [-0.2, 0) is 0 Å². The van der Waals surface area contributed by atoms with E-state index in [4.69, 9.17) is 0 Å². The van der Waals surface area contributed by atoms with Crippen LogP contribution in [0.4, 0.5) is 0 Å². The van der Waals surface area contributed by atoms with Gasteiger partial charge < -0.3 is 10.4 Å². The number of hydrogen-bond donors (Lipinski definition) is 2. The van der Waals surface area contributed by atoms with Crippen molar-refractivity contribution in [1.29, 1.82) is 0 Å². The molecule has 0 spiro atoms. The Morgan fingerprint density at radius 1 is 1.19 bits per heavy atom. The quantitative estimate of drug-likeness (QED) is 0.770. The molecule has 0 aromatic carbocycles. The minimum Gasteiger partial charge on any atom is -0.394 e. The Morgan fingerprint density at radius 2 is 1.88 bits per heavy atom. The van der Waals surface area contributed by atoms with E-state index in [1.54, 1.807) is 0 Å². The molecule has 2 N–H and O–H groups in total. The van der Waals surface area contributed by atoms with Crippen molar-refractivity contribution in [3.8, 4) is 0 Å². The molecule has 2 aliphatic carbocycles. The van der Waals surface area contributed by atoms with Crippen molar-refractivity contribution in [2.45, 2.75) is 64.5 Å². The summed E-state index contributed by atoms with van der Waals surface area (Å²) in [7, 11) is 0. The van der Waals surface area contributed by atoms with Gasteiger partial charge in [-0.15, -0.1) is 0 Å². The van der Waals surface area contributed by atoms with E-state index < -0.39 is 0 Å². The number of aliphatic hydroxyl groups excluding tert-OH is 1. The maximum absolute atomic E-state index is 9.60. The molecule has 0 aromatic rings. The normalized spacial score (nSPS) is 39.4. The van der Waals surface area contributed by atoms with Crippen molar-refractivity contribution in [2.75, 3.05) is 6.61 Å². The van der Waals surface area contributed by atoms with Crippen molar-refractivity contribution in [3.05, 3.63) is 0 Å². The Balaban J connectivity index is 1.92. The Bertz CT molecular complexity index is 239. The average molecular weight is 225 g/mol. The summed E-state index contributed by atoms with van der Waals surface area (Å²) in [6.45, 7) is 7.21. The van der Waals surface area contributed by atoms with Gasteiger partial charge in [0.15, 0.2) is 0 Å². The number of nitrogens with one attached hydrogen (secondary N) is 1.